The first-order valence-electron chi connectivity index (χ1n) is 7.40. The molecule has 0 radical (unpaired) electrons. The van der Waals surface area contributed by atoms with Crippen LogP contribution in [0.3, 0.4) is 0 Å². The van der Waals surface area contributed by atoms with E-state index in [2.05, 4.69) is 72.0 Å². The maximum atomic E-state index is 3.59. The van der Waals surface area contributed by atoms with Gasteiger partial charge in [0, 0.05) is 5.54 Å². The average molecular weight is 261 g/mol. The summed E-state index contributed by atoms with van der Waals surface area (Å²) in [5, 5.41) is 3.59. The minimum atomic E-state index is 0.218. The SMILES string of the molecule is Cc1ccc(C)c(CC(C)(C)CCNC(C)(C)C)c1. The van der Waals surface area contributed by atoms with Crippen LogP contribution in [-0.2, 0) is 6.42 Å². The highest BCUT2D eigenvalue weighted by molar-refractivity contribution is 5.31. The molecule has 1 aromatic carbocycles. The van der Waals surface area contributed by atoms with E-state index in [0.29, 0.717) is 5.41 Å². The van der Waals surface area contributed by atoms with Gasteiger partial charge in [0.25, 0.3) is 0 Å². The zero-order valence-corrected chi connectivity index (χ0v) is 13.9. The highest BCUT2D eigenvalue weighted by Crippen LogP contribution is 2.27. The molecule has 0 atom stereocenters. The van der Waals surface area contributed by atoms with Gasteiger partial charge in [-0.1, -0.05) is 37.6 Å². The lowest BCUT2D eigenvalue weighted by Gasteiger charge is -2.28. The molecule has 0 saturated heterocycles. The minimum absolute atomic E-state index is 0.218. The molecule has 0 saturated carbocycles. The Hall–Kier alpha value is -0.820. The molecule has 0 heterocycles. The molecule has 0 aliphatic carbocycles. The summed E-state index contributed by atoms with van der Waals surface area (Å²) in [5.41, 5.74) is 4.85. The van der Waals surface area contributed by atoms with Gasteiger partial charge in [-0.3, -0.25) is 0 Å². The summed E-state index contributed by atoms with van der Waals surface area (Å²) in [7, 11) is 0. The summed E-state index contributed by atoms with van der Waals surface area (Å²) in [6.07, 6.45) is 2.37. The largest absolute Gasteiger partial charge is 0.312 e. The lowest BCUT2D eigenvalue weighted by Crippen LogP contribution is -2.38. The molecule has 0 aliphatic heterocycles. The molecule has 0 fully saturated rings. The van der Waals surface area contributed by atoms with Crippen molar-refractivity contribution in [3.63, 3.8) is 0 Å². The number of aryl methyl sites for hydroxylation is 2. The predicted octanol–water partition coefficient (Wildman–Crippen LogP) is 4.65. The Balaban J connectivity index is 2.61. The summed E-state index contributed by atoms with van der Waals surface area (Å²) in [4.78, 5) is 0. The molecule has 108 valence electrons. The van der Waals surface area contributed by atoms with Crippen LogP contribution in [0.4, 0.5) is 0 Å². The Kier molecular flexibility index (Phi) is 5.20. The van der Waals surface area contributed by atoms with Crippen LogP contribution in [-0.4, -0.2) is 12.1 Å². The fourth-order valence-corrected chi connectivity index (χ4v) is 2.37. The van der Waals surface area contributed by atoms with Crippen LogP contribution < -0.4 is 5.32 Å². The van der Waals surface area contributed by atoms with Crippen molar-refractivity contribution in [3.05, 3.63) is 34.9 Å². The fourth-order valence-electron chi connectivity index (χ4n) is 2.37. The smallest absolute Gasteiger partial charge is 0.00965 e. The van der Waals surface area contributed by atoms with Crippen LogP contribution in [0.1, 0.15) is 57.7 Å². The molecule has 1 N–H and O–H groups in total. The molecular formula is C18H31N. The van der Waals surface area contributed by atoms with Gasteiger partial charge in [0.2, 0.25) is 0 Å². The number of benzene rings is 1. The third kappa shape index (κ3) is 6.24. The van der Waals surface area contributed by atoms with E-state index >= 15 is 0 Å². The van der Waals surface area contributed by atoms with Crippen LogP contribution in [0.2, 0.25) is 0 Å². The summed E-state index contributed by atoms with van der Waals surface area (Å²) in [6.45, 7) is 16.9. The monoisotopic (exact) mass is 261 g/mol. The summed E-state index contributed by atoms with van der Waals surface area (Å²) >= 11 is 0. The van der Waals surface area contributed by atoms with Gasteiger partial charge in [0.05, 0.1) is 0 Å². The molecule has 0 aliphatic rings. The van der Waals surface area contributed by atoms with Crippen molar-refractivity contribution in [2.75, 3.05) is 6.54 Å². The molecule has 1 nitrogen and oxygen atoms in total. The Morgan fingerprint density at radius 3 is 2.21 bits per heavy atom. The molecule has 1 rings (SSSR count). The van der Waals surface area contributed by atoms with E-state index in [0.717, 1.165) is 13.0 Å². The van der Waals surface area contributed by atoms with Crippen LogP contribution in [0.25, 0.3) is 0 Å². The van der Waals surface area contributed by atoms with Crippen LogP contribution in [0, 0.1) is 19.3 Å². The van der Waals surface area contributed by atoms with Gasteiger partial charge in [-0.05, 0) is 70.5 Å². The summed E-state index contributed by atoms with van der Waals surface area (Å²) in [6, 6.07) is 6.79. The lowest BCUT2D eigenvalue weighted by atomic mass is 9.81. The molecule has 0 bridgehead atoms. The number of hydrogen-bond donors (Lipinski definition) is 1. The maximum Gasteiger partial charge on any atom is 0.00965 e. The van der Waals surface area contributed by atoms with Crippen molar-refractivity contribution < 1.29 is 0 Å². The maximum absolute atomic E-state index is 3.59. The van der Waals surface area contributed by atoms with Gasteiger partial charge in [-0.25, -0.2) is 0 Å². The Labute approximate surface area is 119 Å². The van der Waals surface area contributed by atoms with E-state index in [1.807, 2.05) is 0 Å². The number of hydrogen-bond acceptors (Lipinski definition) is 1. The number of nitrogens with one attached hydrogen (secondary N) is 1. The zero-order valence-electron chi connectivity index (χ0n) is 13.9. The first-order valence-corrected chi connectivity index (χ1v) is 7.40. The van der Waals surface area contributed by atoms with Crippen molar-refractivity contribution in [1.82, 2.24) is 5.32 Å². The molecule has 0 unspecified atom stereocenters. The highest BCUT2D eigenvalue weighted by Gasteiger charge is 2.20. The molecular weight excluding hydrogens is 230 g/mol. The first kappa shape index (κ1) is 16.2. The van der Waals surface area contributed by atoms with E-state index in [9.17, 15) is 0 Å². The van der Waals surface area contributed by atoms with Crippen molar-refractivity contribution in [2.45, 2.75) is 66.8 Å². The molecule has 0 amide bonds. The third-order valence-corrected chi connectivity index (χ3v) is 3.63. The minimum Gasteiger partial charge on any atom is -0.312 e. The van der Waals surface area contributed by atoms with E-state index in [4.69, 9.17) is 0 Å². The first-order chi connectivity index (χ1) is 8.59. The summed E-state index contributed by atoms with van der Waals surface area (Å²) < 4.78 is 0. The summed E-state index contributed by atoms with van der Waals surface area (Å²) in [5.74, 6) is 0. The predicted molar refractivity (Wildman–Crippen MR) is 85.8 cm³/mol. The van der Waals surface area contributed by atoms with Gasteiger partial charge >= 0.3 is 0 Å². The van der Waals surface area contributed by atoms with Gasteiger partial charge in [-0.2, -0.15) is 0 Å². The van der Waals surface area contributed by atoms with E-state index in [-0.39, 0.29) is 5.54 Å². The number of rotatable bonds is 5. The van der Waals surface area contributed by atoms with Gasteiger partial charge < -0.3 is 5.32 Å². The molecule has 1 heteroatoms. The third-order valence-electron chi connectivity index (χ3n) is 3.63. The standard InChI is InChI=1S/C18H31N/c1-14-8-9-15(2)16(12-14)13-18(6,7)10-11-19-17(3,4)5/h8-9,12,19H,10-11,13H2,1-7H3. The topological polar surface area (TPSA) is 12.0 Å². The van der Waals surface area contributed by atoms with Crippen molar-refractivity contribution >= 4 is 0 Å². The Morgan fingerprint density at radius 2 is 1.63 bits per heavy atom. The van der Waals surface area contributed by atoms with E-state index in [1.165, 1.54) is 23.1 Å². The quantitative estimate of drug-likeness (QED) is 0.813. The molecule has 0 spiro atoms. The normalized spacial score (nSPS) is 12.8. The lowest BCUT2D eigenvalue weighted by molar-refractivity contribution is 0.302. The molecule has 0 aromatic heterocycles. The van der Waals surface area contributed by atoms with Crippen molar-refractivity contribution in [1.29, 1.82) is 0 Å². The van der Waals surface area contributed by atoms with Gasteiger partial charge in [-0.15, -0.1) is 0 Å². The van der Waals surface area contributed by atoms with Crippen molar-refractivity contribution in [2.24, 2.45) is 5.41 Å². The van der Waals surface area contributed by atoms with Crippen LogP contribution in [0.5, 0.6) is 0 Å². The average Bonchev–Trinajstić information content (AvgIpc) is 2.20. The second-order valence-electron chi connectivity index (χ2n) is 7.70. The second kappa shape index (κ2) is 6.09. The van der Waals surface area contributed by atoms with E-state index < -0.39 is 0 Å². The van der Waals surface area contributed by atoms with Gasteiger partial charge in [0.15, 0.2) is 0 Å². The van der Waals surface area contributed by atoms with Crippen LogP contribution in [0.15, 0.2) is 18.2 Å². The second-order valence-corrected chi connectivity index (χ2v) is 7.70. The van der Waals surface area contributed by atoms with Crippen molar-refractivity contribution in [3.8, 4) is 0 Å². The van der Waals surface area contributed by atoms with E-state index in [1.54, 1.807) is 0 Å². The molecule has 19 heavy (non-hydrogen) atoms. The van der Waals surface area contributed by atoms with Crippen LogP contribution >= 0.6 is 0 Å². The zero-order chi connectivity index (χ0) is 14.7. The Bertz CT molecular complexity index is 410. The fraction of sp³-hybridized carbons (Fsp3) is 0.667. The highest BCUT2D eigenvalue weighted by atomic mass is 14.9. The Morgan fingerprint density at radius 1 is 1.00 bits per heavy atom. The molecule has 1 aromatic rings. The van der Waals surface area contributed by atoms with Gasteiger partial charge in [0.1, 0.15) is 0 Å².